The Morgan fingerprint density at radius 2 is 2.33 bits per heavy atom. The molecule has 0 amide bonds. The molecule has 1 N–H and O–H groups in total. The summed E-state index contributed by atoms with van der Waals surface area (Å²) in [6.45, 7) is 3.52. The molecule has 0 fully saturated rings. The van der Waals surface area contributed by atoms with Crippen LogP contribution < -0.4 is 0 Å². The fraction of sp³-hybridized carbons (Fsp3) is 0.444. The van der Waals surface area contributed by atoms with Crippen molar-refractivity contribution < 1.29 is 19.4 Å². The van der Waals surface area contributed by atoms with Gasteiger partial charge < -0.3 is 14.4 Å². The second-order valence-corrected chi connectivity index (χ2v) is 2.89. The number of carbonyl (C=O) groups excluding carboxylic acids is 1. The van der Waals surface area contributed by atoms with Crippen molar-refractivity contribution in [3.63, 3.8) is 0 Å². The Morgan fingerprint density at radius 3 is 2.87 bits per heavy atom. The molecular weight excluding hydrogens is 200 g/mol. The lowest BCUT2D eigenvalue weighted by molar-refractivity contribution is -0.146. The number of hydrogen-bond acceptors (Lipinski definition) is 4. The van der Waals surface area contributed by atoms with Crippen molar-refractivity contribution in [1.82, 2.24) is 9.55 Å². The predicted molar refractivity (Wildman–Crippen MR) is 50.5 cm³/mol. The lowest BCUT2D eigenvalue weighted by Gasteiger charge is -2.12. The monoisotopic (exact) mass is 212 g/mol. The van der Waals surface area contributed by atoms with Crippen LogP contribution in [0.25, 0.3) is 0 Å². The molecule has 1 atom stereocenters. The van der Waals surface area contributed by atoms with E-state index < -0.39 is 18.0 Å². The number of hydrogen-bond donors (Lipinski definition) is 1. The van der Waals surface area contributed by atoms with Gasteiger partial charge in [0.15, 0.2) is 0 Å². The van der Waals surface area contributed by atoms with Crippen LogP contribution in [0.1, 0.15) is 30.5 Å². The van der Waals surface area contributed by atoms with E-state index in [1.165, 1.54) is 17.0 Å². The highest BCUT2D eigenvalue weighted by Gasteiger charge is 2.21. The van der Waals surface area contributed by atoms with Gasteiger partial charge in [0, 0.05) is 12.4 Å². The van der Waals surface area contributed by atoms with Crippen molar-refractivity contribution in [3.8, 4) is 0 Å². The lowest BCUT2D eigenvalue weighted by Crippen LogP contribution is -2.22. The fourth-order valence-corrected chi connectivity index (χ4v) is 1.17. The largest absolute Gasteiger partial charge is 0.475 e. The molecule has 0 aromatic carbocycles. The van der Waals surface area contributed by atoms with E-state index in [2.05, 4.69) is 4.98 Å². The van der Waals surface area contributed by atoms with Crippen LogP contribution in [0, 0.1) is 0 Å². The molecule has 1 unspecified atom stereocenters. The Balaban J connectivity index is 2.90. The summed E-state index contributed by atoms with van der Waals surface area (Å²) in [7, 11) is 0. The maximum atomic E-state index is 11.4. The SMILES string of the molecule is CCOC(=O)C(C)n1ccnc1C(=O)O. The van der Waals surface area contributed by atoms with Crippen LogP contribution >= 0.6 is 0 Å². The molecule has 1 aromatic heterocycles. The van der Waals surface area contributed by atoms with Crippen LogP contribution in [0.4, 0.5) is 0 Å². The third kappa shape index (κ3) is 2.34. The van der Waals surface area contributed by atoms with Crippen LogP contribution in [0.3, 0.4) is 0 Å². The van der Waals surface area contributed by atoms with Gasteiger partial charge in [0.25, 0.3) is 0 Å². The molecule has 82 valence electrons. The van der Waals surface area contributed by atoms with Gasteiger partial charge in [-0.3, -0.25) is 0 Å². The summed E-state index contributed by atoms with van der Waals surface area (Å²) in [6, 6.07) is -0.682. The van der Waals surface area contributed by atoms with Crippen molar-refractivity contribution in [1.29, 1.82) is 0 Å². The number of aromatic nitrogens is 2. The maximum absolute atomic E-state index is 11.4. The molecule has 15 heavy (non-hydrogen) atoms. The minimum atomic E-state index is -1.17. The van der Waals surface area contributed by atoms with Crippen LogP contribution in [0.15, 0.2) is 12.4 Å². The van der Waals surface area contributed by atoms with E-state index in [1.54, 1.807) is 13.8 Å². The quantitative estimate of drug-likeness (QED) is 0.743. The number of carbonyl (C=O) groups is 2. The first-order chi connectivity index (χ1) is 7.07. The van der Waals surface area contributed by atoms with Gasteiger partial charge in [-0.15, -0.1) is 0 Å². The summed E-state index contributed by atoms with van der Waals surface area (Å²) in [6.07, 6.45) is 2.77. The topological polar surface area (TPSA) is 81.4 Å². The highest BCUT2D eigenvalue weighted by molar-refractivity contribution is 5.84. The van der Waals surface area contributed by atoms with Crippen molar-refractivity contribution in [2.45, 2.75) is 19.9 Å². The average molecular weight is 212 g/mol. The Morgan fingerprint density at radius 1 is 1.67 bits per heavy atom. The Labute approximate surface area is 86.5 Å². The Bertz CT molecular complexity index is 372. The molecule has 0 saturated carbocycles. The number of carboxylic acid groups (broad SMARTS) is 1. The van der Waals surface area contributed by atoms with Gasteiger partial charge in [-0.2, -0.15) is 0 Å². The minimum Gasteiger partial charge on any atom is -0.475 e. The Kier molecular flexibility index (Phi) is 3.43. The molecule has 0 aliphatic carbocycles. The average Bonchev–Trinajstić information content (AvgIpc) is 2.65. The summed E-state index contributed by atoms with van der Waals surface area (Å²) < 4.78 is 6.05. The van der Waals surface area contributed by atoms with E-state index in [0.29, 0.717) is 0 Å². The first kappa shape index (κ1) is 11.2. The van der Waals surface area contributed by atoms with Gasteiger partial charge >= 0.3 is 11.9 Å². The molecule has 0 aliphatic rings. The first-order valence-corrected chi connectivity index (χ1v) is 4.50. The molecule has 0 saturated heterocycles. The number of ether oxygens (including phenoxy) is 1. The van der Waals surface area contributed by atoms with E-state index in [1.807, 2.05) is 0 Å². The molecule has 1 heterocycles. The van der Waals surface area contributed by atoms with Gasteiger partial charge in [0.1, 0.15) is 6.04 Å². The van der Waals surface area contributed by atoms with E-state index in [-0.39, 0.29) is 12.4 Å². The summed E-state index contributed by atoms with van der Waals surface area (Å²) in [5, 5.41) is 8.78. The second kappa shape index (κ2) is 4.59. The highest BCUT2D eigenvalue weighted by atomic mass is 16.5. The number of rotatable bonds is 4. The van der Waals surface area contributed by atoms with Gasteiger partial charge in [-0.05, 0) is 13.8 Å². The van der Waals surface area contributed by atoms with Crippen molar-refractivity contribution in [3.05, 3.63) is 18.2 Å². The molecular formula is C9H12N2O4. The van der Waals surface area contributed by atoms with Gasteiger partial charge in [0.2, 0.25) is 5.82 Å². The Hall–Kier alpha value is -1.85. The van der Waals surface area contributed by atoms with E-state index >= 15 is 0 Å². The zero-order valence-electron chi connectivity index (χ0n) is 8.51. The zero-order valence-corrected chi connectivity index (χ0v) is 8.51. The van der Waals surface area contributed by atoms with Crippen LogP contribution in [-0.4, -0.2) is 33.2 Å². The number of aromatic carboxylic acids is 1. The van der Waals surface area contributed by atoms with Gasteiger partial charge in [-0.25, -0.2) is 14.6 Å². The van der Waals surface area contributed by atoms with Gasteiger partial charge in [0.05, 0.1) is 6.61 Å². The van der Waals surface area contributed by atoms with E-state index in [0.717, 1.165) is 0 Å². The van der Waals surface area contributed by atoms with Crippen molar-refractivity contribution in [2.24, 2.45) is 0 Å². The number of esters is 1. The zero-order chi connectivity index (χ0) is 11.4. The third-order valence-electron chi connectivity index (χ3n) is 1.90. The molecule has 6 nitrogen and oxygen atoms in total. The van der Waals surface area contributed by atoms with Gasteiger partial charge in [-0.1, -0.05) is 0 Å². The van der Waals surface area contributed by atoms with Crippen LogP contribution in [-0.2, 0) is 9.53 Å². The third-order valence-corrected chi connectivity index (χ3v) is 1.90. The molecule has 0 spiro atoms. The van der Waals surface area contributed by atoms with E-state index in [4.69, 9.17) is 9.84 Å². The minimum absolute atomic E-state index is 0.171. The van der Waals surface area contributed by atoms with Crippen molar-refractivity contribution >= 4 is 11.9 Å². The normalized spacial score (nSPS) is 12.1. The second-order valence-electron chi connectivity index (χ2n) is 2.89. The fourth-order valence-electron chi connectivity index (χ4n) is 1.17. The molecule has 1 rings (SSSR count). The molecule has 0 radical (unpaired) electrons. The number of carboxylic acids is 1. The van der Waals surface area contributed by atoms with Crippen LogP contribution in [0.5, 0.6) is 0 Å². The maximum Gasteiger partial charge on any atom is 0.372 e. The lowest BCUT2D eigenvalue weighted by atomic mass is 10.3. The smallest absolute Gasteiger partial charge is 0.372 e. The summed E-state index contributed by atoms with van der Waals surface area (Å²) >= 11 is 0. The molecule has 0 aliphatic heterocycles. The standard InChI is InChI=1S/C9H12N2O4/c1-3-15-9(14)6(2)11-5-4-10-7(11)8(12)13/h4-6H,3H2,1-2H3,(H,12,13). The number of nitrogens with zero attached hydrogens (tertiary/aromatic N) is 2. The molecule has 1 aromatic rings. The predicted octanol–water partition coefficient (Wildman–Crippen LogP) is 0.705. The summed E-state index contributed by atoms with van der Waals surface area (Å²) in [4.78, 5) is 25.7. The van der Waals surface area contributed by atoms with E-state index in [9.17, 15) is 9.59 Å². The van der Waals surface area contributed by atoms with Crippen molar-refractivity contribution in [2.75, 3.05) is 6.61 Å². The number of imidazole rings is 1. The first-order valence-electron chi connectivity index (χ1n) is 4.50. The molecule has 0 bridgehead atoms. The molecule has 6 heteroatoms. The summed E-state index contributed by atoms with van der Waals surface area (Å²) in [5.41, 5.74) is 0. The summed E-state index contributed by atoms with van der Waals surface area (Å²) in [5.74, 6) is -1.82. The highest BCUT2D eigenvalue weighted by Crippen LogP contribution is 2.11. The van der Waals surface area contributed by atoms with Crippen LogP contribution in [0.2, 0.25) is 0 Å².